The van der Waals surface area contributed by atoms with E-state index in [0.717, 1.165) is 36.1 Å². The minimum absolute atomic E-state index is 0.000832. The maximum atomic E-state index is 15.3. The minimum atomic E-state index is -0.441. The van der Waals surface area contributed by atoms with Crippen LogP contribution in [0.3, 0.4) is 0 Å². The summed E-state index contributed by atoms with van der Waals surface area (Å²) in [5, 5.41) is 11.0. The summed E-state index contributed by atoms with van der Waals surface area (Å²) >= 11 is 1.37. The lowest BCUT2D eigenvalue weighted by molar-refractivity contribution is -0.119. The molecule has 0 saturated heterocycles. The Morgan fingerprint density at radius 2 is 1.90 bits per heavy atom. The summed E-state index contributed by atoms with van der Waals surface area (Å²) in [6.07, 6.45) is 8.74. The maximum Gasteiger partial charge on any atom is 0.227 e. The second-order valence-electron chi connectivity index (χ2n) is 10.2. The number of hydrogen-bond acceptors (Lipinski definition) is 7. The number of aromatic nitrogens is 6. The molecular weight excluding hydrogens is 541 g/mol. The van der Waals surface area contributed by atoms with E-state index < -0.39 is 5.82 Å². The summed E-state index contributed by atoms with van der Waals surface area (Å²) in [5.41, 5.74) is 4.51. The van der Waals surface area contributed by atoms with Crippen molar-refractivity contribution in [3.63, 3.8) is 0 Å². The summed E-state index contributed by atoms with van der Waals surface area (Å²) in [6, 6.07) is 10.3. The Morgan fingerprint density at radius 3 is 2.71 bits per heavy atom. The minimum Gasteiger partial charge on any atom is -0.336 e. The number of thiophene rings is 1. The van der Waals surface area contributed by atoms with Crippen molar-refractivity contribution in [2.24, 2.45) is 5.92 Å². The van der Waals surface area contributed by atoms with Crippen molar-refractivity contribution in [1.29, 1.82) is 0 Å². The van der Waals surface area contributed by atoms with E-state index in [9.17, 15) is 9.59 Å². The van der Waals surface area contributed by atoms with E-state index in [1.165, 1.54) is 24.3 Å². The quantitative estimate of drug-likeness (QED) is 0.191. The molecule has 11 heteroatoms. The number of aromatic amines is 2. The average Bonchev–Trinajstić information content (AvgIpc) is 3.77. The number of hydrogen-bond donors (Lipinski definition) is 3. The van der Waals surface area contributed by atoms with Gasteiger partial charge in [-0.1, -0.05) is 12.8 Å². The van der Waals surface area contributed by atoms with E-state index in [-0.39, 0.29) is 17.6 Å². The summed E-state index contributed by atoms with van der Waals surface area (Å²) in [7, 11) is 0. The summed E-state index contributed by atoms with van der Waals surface area (Å²) in [6.45, 7) is 1.54. The van der Waals surface area contributed by atoms with Gasteiger partial charge in [0.15, 0.2) is 11.6 Å². The van der Waals surface area contributed by atoms with Crippen molar-refractivity contribution in [3.8, 4) is 33.2 Å². The van der Waals surface area contributed by atoms with Crippen LogP contribution in [-0.2, 0) is 4.79 Å². The Bertz CT molecular complexity index is 1970. The lowest BCUT2D eigenvalue weighted by Gasteiger charge is -2.11. The highest BCUT2D eigenvalue weighted by Gasteiger charge is 2.23. The fraction of sp³-hybridized carbons (Fsp3) is 0.200. The molecule has 1 saturated carbocycles. The molecule has 1 fully saturated rings. The molecule has 3 N–H and O–H groups in total. The van der Waals surface area contributed by atoms with Crippen LogP contribution in [0, 0.1) is 11.7 Å². The van der Waals surface area contributed by atoms with Gasteiger partial charge in [0, 0.05) is 40.9 Å². The molecule has 0 unspecified atom stereocenters. The topological polar surface area (TPSA) is 129 Å². The molecule has 1 aliphatic rings. The number of anilines is 1. The van der Waals surface area contributed by atoms with Gasteiger partial charge in [-0.3, -0.25) is 24.7 Å². The number of Topliss-reactive ketones (excluding diaryl/α,β-unsaturated/α-hetero) is 1. The van der Waals surface area contributed by atoms with Crippen LogP contribution in [0.5, 0.6) is 0 Å². The molecule has 1 aromatic carbocycles. The number of carbonyl (C=O) groups excluding carboxylic acids is 2. The van der Waals surface area contributed by atoms with Crippen molar-refractivity contribution in [2.45, 2.75) is 32.6 Å². The highest BCUT2D eigenvalue weighted by Crippen LogP contribution is 2.36. The van der Waals surface area contributed by atoms with Gasteiger partial charge in [0.25, 0.3) is 0 Å². The number of fused-ring (bicyclic) bond motifs is 2. The van der Waals surface area contributed by atoms with Crippen LogP contribution < -0.4 is 5.32 Å². The number of amides is 1. The maximum absolute atomic E-state index is 15.3. The Balaban J connectivity index is 1.26. The molecule has 204 valence electrons. The third-order valence-corrected chi connectivity index (χ3v) is 8.70. The van der Waals surface area contributed by atoms with Crippen molar-refractivity contribution in [3.05, 3.63) is 65.7 Å². The van der Waals surface area contributed by atoms with Gasteiger partial charge in [-0.05, 0) is 50.1 Å². The second kappa shape index (κ2) is 10.0. The van der Waals surface area contributed by atoms with Crippen LogP contribution in [0.15, 0.2) is 55.0 Å². The predicted molar refractivity (Wildman–Crippen MR) is 156 cm³/mol. The molecule has 0 bridgehead atoms. The van der Waals surface area contributed by atoms with E-state index in [0.29, 0.717) is 55.3 Å². The van der Waals surface area contributed by atoms with Crippen LogP contribution in [0.25, 0.3) is 55.2 Å². The molecule has 1 aliphatic carbocycles. The van der Waals surface area contributed by atoms with Crippen molar-refractivity contribution < 1.29 is 14.0 Å². The first-order chi connectivity index (χ1) is 19.9. The number of halogens is 1. The Kier molecular flexibility index (Phi) is 6.15. The van der Waals surface area contributed by atoms with Crippen molar-refractivity contribution >= 4 is 50.7 Å². The van der Waals surface area contributed by atoms with Gasteiger partial charge in [0.2, 0.25) is 5.91 Å². The number of benzene rings is 1. The average molecular weight is 566 g/mol. The zero-order chi connectivity index (χ0) is 28.1. The Labute approximate surface area is 237 Å². The fourth-order valence-electron chi connectivity index (χ4n) is 5.41. The van der Waals surface area contributed by atoms with Gasteiger partial charge in [-0.2, -0.15) is 5.10 Å². The summed E-state index contributed by atoms with van der Waals surface area (Å²) < 4.78 is 15.3. The molecule has 6 aromatic rings. The molecule has 7 rings (SSSR count). The van der Waals surface area contributed by atoms with Gasteiger partial charge >= 0.3 is 0 Å². The highest BCUT2D eigenvalue weighted by molar-refractivity contribution is 7.17. The largest absolute Gasteiger partial charge is 0.336 e. The smallest absolute Gasteiger partial charge is 0.227 e. The Morgan fingerprint density at radius 1 is 1.05 bits per heavy atom. The first-order valence-corrected chi connectivity index (χ1v) is 14.2. The number of ketones is 1. The van der Waals surface area contributed by atoms with Gasteiger partial charge < -0.3 is 10.3 Å². The molecule has 1 amide bonds. The van der Waals surface area contributed by atoms with Gasteiger partial charge in [0.05, 0.1) is 32.7 Å². The lowest BCUT2D eigenvalue weighted by Crippen LogP contribution is -2.20. The molecule has 5 heterocycles. The number of rotatable bonds is 6. The third-order valence-electron chi connectivity index (χ3n) is 7.50. The number of nitrogens with zero attached hydrogens (tertiary/aromatic N) is 4. The molecule has 0 radical (unpaired) electrons. The number of carbonyl (C=O) groups is 2. The molecule has 5 aromatic heterocycles. The van der Waals surface area contributed by atoms with Crippen LogP contribution in [-0.4, -0.2) is 41.8 Å². The Hall–Kier alpha value is -4.77. The highest BCUT2D eigenvalue weighted by atomic mass is 32.1. The van der Waals surface area contributed by atoms with Crippen LogP contribution in [0.1, 0.15) is 42.3 Å². The van der Waals surface area contributed by atoms with E-state index in [1.807, 2.05) is 12.1 Å². The van der Waals surface area contributed by atoms with Gasteiger partial charge in [-0.25, -0.2) is 9.37 Å². The molecule has 0 atom stereocenters. The zero-order valence-corrected chi connectivity index (χ0v) is 22.8. The second-order valence-corrected chi connectivity index (χ2v) is 11.3. The van der Waals surface area contributed by atoms with Gasteiger partial charge in [0.1, 0.15) is 22.7 Å². The zero-order valence-electron chi connectivity index (χ0n) is 22.0. The number of H-pyrrole nitrogens is 2. The van der Waals surface area contributed by atoms with E-state index in [1.54, 1.807) is 36.8 Å². The SMILES string of the molecule is CC(=O)c1ccc(-c2nccc3[nH]c(-c4n[nH]c5cc(F)c(-c6cncc(NC(=O)C7CCCC7)c6)cc45)nc23)s1. The first-order valence-electron chi connectivity index (χ1n) is 13.3. The van der Waals surface area contributed by atoms with Crippen LogP contribution in [0.2, 0.25) is 0 Å². The van der Waals surface area contributed by atoms with Gasteiger partial charge in [-0.15, -0.1) is 11.3 Å². The molecular formula is C30H24FN7O2S. The fourth-order valence-corrected chi connectivity index (χ4v) is 6.31. The third kappa shape index (κ3) is 4.57. The molecule has 0 aliphatic heterocycles. The molecule has 0 spiro atoms. The van der Waals surface area contributed by atoms with E-state index >= 15 is 4.39 Å². The van der Waals surface area contributed by atoms with Crippen LogP contribution in [0.4, 0.5) is 10.1 Å². The number of imidazole rings is 1. The number of nitrogens with one attached hydrogen (secondary N) is 3. The standard InChI is InChI=1S/C30H24FN7O2S/c1-15(39)24-6-7-25(41-24)28-27-22(8-9-33-28)35-29(36-27)26-20-11-19(21(31)12-23(20)37-38-26)17-10-18(14-32-13-17)34-30(40)16-4-2-3-5-16/h6-14,16H,2-5H2,1H3,(H,34,40)(H,35,36)(H,37,38). The monoisotopic (exact) mass is 565 g/mol. The summed E-state index contributed by atoms with van der Waals surface area (Å²) in [4.78, 5) is 42.9. The number of pyridine rings is 2. The molecule has 9 nitrogen and oxygen atoms in total. The summed E-state index contributed by atoms with van der Waals surface area (Å²) in [5.74, 6) is 0.0455. The van der Waals surface area contributed by atoms with Crippen molar-refractivity contribution in [2.75, 3.05) is 5.32 Å². The van der Waals surface area contributed by atoms with Crippen LogP contribution >= 0.6 is 11.3 Å². The molecule has 41 heavy (non-hydrogen) atoms. The van der Waals surface area contributed by atoms with Crippen molar-refractivity contribution in [1.82, 2.24) is 30.1 Å². The van der Waals surface area contributed by atoms with E-state index in [4.69, 9.17) is 4.98 Å². The predicted octanol–water partition coefficient (Wildman–Crippen LogP) is 6.76. The lowest BCUT2D eigenvalue weighted by atomic mass is 10.0. The normalized spacial score (nSPS) is 13.8. The van der Waals surface area contributed by atoms with E-state index in [2.05, 4.69) is 30.5 Å². The first kappa shape index (κ1) is 25.2.